The van der Waals surface area contributed by atoms with Crippen molar-refractivity contribution in [1.82, 2.24) is 0 Å². The maximum atomic E-state index is 11.4. The second-order valence-electron chi connectivity index (χ2n) is 0.846. The molecule has 0 aromatic carbocycles. The quantitative estimate of drug-likeness (QED) is 0.490. The van der Waals surface area contributed by atoms with Crippen LogP contribution < -0.4 is 0 Å². The van der Waals surface area contributed by atoms with Crippen molar-refractivity contribution in [2.45, 2.75) is 6.92 Å². The Morgan fingerprint density at radius 3 is 2.57 bits per heavy atom. The van der Waals surface area contributed by atoms with E-state index in [1.165, 1.54) is 0 Å². The fraction of sp³-hybridized carbons (Fsp3) is 0.500. The monoisotopic (exact) mass is 108 g/mol. The third-order valence-corrected chi connectivity index (χ3v) is 0.368. The Morgan fingerprint density at radius 1 is 1.86 bits per heavy atom. The summed E-state index contributed by atoms with van der Waals surface area (Å²) in [7, 11) is 0. The van der Waals surface area contributed by atoms with E-state index in [2.05, 4.69) is 4.74 Å². The maximum absolute atomic E-state index is 11.4. The highest BCUT2D eigenvalue weighted by Crippen LogP contribution is 1.96. The first-order valence-corrected chi connectivity index (χ1v) is 1.90. The lowest BCUT2D eigenvalue weighted by atomic mass is 10.9. The molecular weight excluding hydrogens is 102 g/mol. The summed E-state index contributed by atoms with van der Waals surface area (Å²) in [5, 5.41) is 0. The molecule has 0 aliphatic rings. The van der Waals surface area contributed by atoms with Crippen molar-refractivity contribution in [2.24, 2.45) is 0 Å². The van der Waals surface area contributed by atoms with Crippen molar-refractivity contribution in [1.29, 1.82) is 0 Å². The molecule has 0 N–H and O–H groups in total. The number of rotatable bonds is 2. The molecule has 3 heteroatoms. The van der Waals surface area contributed by atoms with Crippen LogP contribution in [0.5, 0.6) is 0 Å². The lowest BCUT2D eigenvalue weighted by Gasteiger charge is -1.91. The van der Waals surface area contributed by atoms with Crippen LogP contribution in [-0.2, 0) is 4.74 Å². The molecule has 0 aliphatic carbocycles. The second kappa shape index (κ2) is 3.59. The van der Waals surface area contributed by atoms with Gasteiger partial charge in [-0.3, -0.25) is 0 Å². The summed E-state index contributed by atoms with van der Waals surface area (Å²) in [4.78, 5) is 0. The molecule has 42 valence electrons. The molecule has 1 nitrogen and oxygen atoms in total. The molecule has 0 aliphatic heterocycles. The molecule has 0 aromatic heterocycles. The highest BCUT2D eigenvalue weighted by atomic mass is 19.2. The number of hydrogen-bond donors (Lipinski definition) is 0. The lowest BCUT2D eigenvalue weighted by Crippen LogP contribution is -1.81. The Labute approximate surface area is 40.6 Å². The van der Waals surface area contributed by atoms with Crippen molar-refractivity contribution in [2.75, 3.05) is 6.61 Å². The largest absolute Gasteiger partial charge is 0.469 e. The molecule has 0 saturated heterocycles. The van der Waals surface area contributed by atoms with Crippen molar-refractivity contribution < 1.29 is 13.5 Å². The van der Waals surface area contributed by atoms with Gasteiger partial charge in [0.2, 0.25) is 0 Å². The Bertz CT molecular complexity index is 70.1. The first-order chi connectivity index (χ1) is 3.31. The van der Waals surface area contributed by atoms with E-state index in [4.69, 9.17) is 0 Å². The van der Waals surface area contributed by atoms with Crippen LogP contribution in [0.15, 0.2) is 12.3 Å². The van der Waals surface area contributed by atoms with Crippen LogP contribution in [0, 0.1) is 0 Å². The van der Waals surface area contributed by atoms with Crippen LogP contribution in [0.25, 0.3) is 0 Å². The molecule has 0 rings (SSSR count). The molecule has 7 heavy (non-hydrogen) atoms. The maximum Gasteiger partial charge on any atom is 0.301 e. The van der Waals surface area contributed by atoms with Crippen molar-refractivity contribution in [3.05, 3.63) is 12.3 Å². The highest BCUT2D eigenvalue weighted by Gasteiger charge is 1.86. The zero-order valence-electron chi connectivity index (χ0n) is 3.95. The molecule has 0 radical (unpaired) electrons. The van der Waals surface area contributed by atoms with Gasteiger partial charge in [0.05, 0.1) is 6.61 Å². The van der Waals surface area contributed by atoms with Gasteiger partial charge < -0.3 is 4.74 Å². The molecule has 0 bridgehead atoms. The SMILES string of the molecule is CCO/C(F)=C/F. The average molecular weight is 108 g/mol. The second-order valence-corrected chi connectivity index (χ2v) is 0.846. The predicted molar refractivity (Wildman–Crippen MR) is 21.9 cm³/mol. The Balaban J connectivity index is 3.17. The van der Waals surface area contributed by atoms with Gasteiger partial charge in [-0.05, 0) is 6.92 Å². The summed E-state index contributed by atoms with van der Waals surface area (Å²) in [5.41, 5.74) is 0. The third kappa shape index (κ3) is 3.22. The van der Waals surface area contributed by atoms with E-state index >= 15 is 0 Å². The predicted octanol–water partition coefficient (Wildman–Crippen LogP) is 1.76. The van der Waals surface area contributed by atoms with Gasteiger partial charge in [0.15, 0.2) is 6.33 Å². The van der Waals surface area contributed by atoms with Gasteiger partial charge in [-0.2, -0.15) is 4.39 Å². The summed E-state index contributed by atoms with van der Waals surface area (Å²) in [5.74, 6) is 0. The molecule has 0 unspecified atom stereocenters. The molecule has 0 aromatic rings. The summed E-state index contributed by atoms with van der Waals surface area (Å²) in [6, 6.07) is -1.16. The van der Waals surface area contributed by atoms with E-state index in [9.17, 15) is 8.78 Å². The topological polar surface area (TPSA) is 9.23 Å². The number of hydrogen-bond acceptors (Lipinski definition) is 1. The van der Waals surface area contributed by atoms with Gasteiger partial charge in [-0.15, -0.1) is 0 Å². The molecule has 0 atom stereocenters. The van der Waals surface area contributed by atoms with Crippen LogP contribution in [-0.4, -0.2) is 6.61 Å². The van der Waals surface area contributed by atoms with E-state index < -0.39 is 6.01 Å². The standard InChI is InChI=1S/C4H6F2O/c1-2-7-4(6)3-5/h3H,2H2,1H3/b4-3+. The van der Waals surface area contributed by atoms with E-state index in [1.807, 2.05) is 0 Å². The van der Waals surface area contributed by atoms with Crippen LogP contribution in [0.2, 0.25) is 0 Å². The van der Waals surface area contributed by atoms with Gasteiger partial charge in [0, 0.05) is 0 Å². The Morgan fingerprint density at radius 2 is 2.43 bits per heavy atom. The van der Waals surface area contributed by atoms with Crippen LogP contribution >= 0.6 is 0 Å². The third-order valence-electron chi connectivity index (χ3n) is 0.368. The minimum absolute atomic E-state index is 0.159. The number of ether oxygens (including phenoxy) is 1. The lowest BCUT2D eigenvalue weighted by molar-refractivity contribution is 0.151. The molecule has 0 spiro atoms. The molecule has 0 amide bonds. The molecule has 0 saturated carbocycles. The van der Waals surface area contributed by atoms with E-state index in [0.29, 0.717) is 0 Å². The summed E-state index contributed by atoms with van der Waals surface area (Å²) < 4.78 is 26.3. The minimum Gasteiger partial charge on any atom is -0.469 e. The van der Waals surface area contributed by atoms with Gasteiger partial charge in [0.1, 0.15) is 0 Å². The van der Waals surface area contributed by atoms with Gasteiger partial charge in [0.25, 0.3) is 0 Å². The van der Waals surface area contributed by atoms with Gasteiger partial charge in [-0.25, -0.2) is 4.39 Å². The first kappa shape index (κ1) is 6.40. The highest BCUT2D eigenvalue weighted by molar-refractivity contribution is 4.69. The summed E-state index contributed by atoms with van der Waals surface area (Å²) in [6.07, 6.45) is -0.219. The summed E-state index contributed by atoms with van der Waals surface area (Å²) >= 11 is 0. The van der Waals surface area contributed by atoms with Gasteiger partial charge in [-0.1, -0.05) is 0 Å². The average Bonchev–Trinajstić information content (AvgIpc) is 1.68. The van der Waals surface area contributed by atoms with E-state index in [0.717, 1.165) is 0 Å². The fourth-order valence-corrected chi connectivity index (χ4v) is 0.169. The molecule has 0 fully saturated rings. The van der Waals surface area contributed by atoms with Crippen LogP contribution in [0.1, 0.15) is 6.92 Å². The van der Waals surface area contributed by atoms with E-state index in [1.54, 1.807) is 6.92 Å². The van der Waals surface area contributed by atoms with E-state index in [-0.39, 0.29) is 12.9 Å². The van der Waals surface area contributed by atoms with Crippen LogP contribution in [0.3, 0.4) is 0 Å². The number of halogens is 2. The zero-order valence-corrected chi connectivity index (χ0v) is 3.95. The Kier molecular flexibility index (Phi) is 3.28. The van der Waals surface area contributed by atoms with Crippen LogP contribution in [0.4, 0.5) is 8.78 Å². The first-order valence-electron chi connectivity index (χ1n) is 1.90. The van der Waals surface area contributed by atoms with Crippen molar-refractivity contribution in [3.8, 4) is 0 Å². The van der Waals surface area contributed by atoms with Gasteiger partial charge >= 0.3 is 6.01 Å². The van der Waals surface area contributed by atoms with Crippen molar-refractivity contribution >= 4 is 0 Å². The van der Waals surface area contributed by atoms with Crippen molar-refractivity contribution in [3.63, 3.8) is 0 Å². The molecular formula is C4H6F2O. The normalized spacial score (nSPS) is 11.6. The Hall–Kier alpha value is -0.600. The fourth-order valence-electron chi connectivity index (χ4n) is 0.169. The smallest absolute Gasteiger partial charge is 0.301 e. The zero-order chi connectivity index (χ0) is 5.70. The minimum atomic E-state index is -1.16. The summed E-state index contributed by atoms with van der Waals surface area (Å²) in [6.45, 7) is 1.73. The molecule has 0 heterocycles.